The van der Waals surface area contributed by atoms with E-state index in [0.29, 0.717) is 0 Å². The van der Waals surface area contributed by atoms with Crippen molar-refractivity contribution in [3.8, 4) is 17.0 Å². The van der Waals surface area contributed by atoms with Gasteiger partial charge in [-0.1, -0.05) is 54.6 Å². The molecule has 0 unspecified atom stereocenters. The third kappa shape index (κ3) is 3.35. The number of hydrogen-bond donors (Lipinski definition) is 1. The van der Waals surface area contributed by atoms with Gasteiger partial charge in [-0.15, -0.1) is 0 Å². The number of alkyl carbamates (subject to hydrolysis) is 1. The van der Waals surface area contributed by atoms with Gasteiger partial charge in [-0.3, -0.25) is 0 Å². The number of nitrogens with one attached hydrogen (secondary N) is 1. The van der Waals surface area contributed by atoms with Gasteiger partial charge in [0.05, 0.1) is 24.4 Å². The number of ether oxygens (including phenoxy) is 2. The summed E-state index contributed by atoms with van der Waals surface area (Å²) in [6.07, 6.45) is -0.866. The number of methoxy groups -OCH3 is 1. The number of para-hydroxylation sites is 1. The standard InChI is InChI=1S/C25H20N2O3/c1-29-20-10-5-9-19(15-20)24-23(27-25(28)30-24)18-8-4-7-17(14-18)22-13-12-16-6-2-3-11-21(16)26-22/h2-15,23-24H,1H3,(H,27,28)/t23-,24-/m1/s1. The van der Waals surface area contributed by atoms with Crippen LogP contribution >= 0.6 is 0 Å². The zero-order valence-electron chi connectivity index (χ0n) is 16.4. The van der Waals surface area contributed by atoms with E-state index in [1.54, 1.807) is 7.11 Å². The SMILES string of the molecule is COc1cccc([C@H]2OC(=O)N[C@@H]2c2cccc(-c3ccc4ccccc4n3)c2)c1. The van der Waals surface area contributed by atoms with Crippen molar-refractivity contribution in [2.24, 2.45) is 0 Å². The molecule has 0 spiro atoms. The quantitative estimate of drug-likeness (QED) is 0.499. The van der Waals surface area contributed by atoms with E-state index in [1.165, 1.54) is 0 Å². The van der Waals surface area contributed by atoms with Crippen molar-refractivity contribution in [1.82, 2.24) is 10.3 Å². The fourth-order valence-electron chi connectivity index (χ4n) is 3.88. The Kier molecular flexibility index (Phi) is 4.56. The van der Waals surface area contributed by atoms with Crippen LogP contribution in [0.1, 0.15) is 23.3 Å². The summed E-state index contributed by atoms with van der Waals surface area (Å²) in [4.78, 5) is 16.9. The fourth-order valence-corrected chi connectivity index (χ4v) is 3.88. The second kappa shape index (κ2) is 7.52. The Balaban J connectivity index is 1.52. The molecule has 3 aromatic carbocycles. The first-order chi connectivity index (χ1) is 14.7. The van der Waals surface area contributed by atoms with Gasteiger partial charge in [-0.25, -0.2) is 9.78 Å². The number of nitrogens with zero attached hydrogens (tertiary/aromatic N) is 1. The van der Waals surface area contributed by atoms with Crippen LogP contribution in [0, 0.1) is 0 Å². The molecule has 0 saturated carbocycles. The van der Waals surface area contributed by atoms with Gasteiger partial charge in [0.2, 0.25) is 0 Å². The van der Waals surface area contributed by atoms with Crippen molar-refractivity contribution < 1.29 is 14.3 Å². The summed E-state index contributed by atoms with van der Waals surface area (Å²) in [5.74, 6) is 0.725. The number of rotatable bonds is 4. The van der Waals surface area contributed by atoms with E-state index in [-0.39, 0.29) is 6.04 Å². The third-order valence-electron chi connectivity index (χ3n) is 5.37. The largest absolute Gasteiger partial charge is 0.497 e. The minimum absolute atomic E-state index is 0.301. The maximum atomic E-state index is 12.1. The summed E-state index contributed by atoms with van der Waals surface area (Å²) in [5.41, 5.74) is 4.67. The van der Waals surface area contributed by atoms with Crippen LogP contribution < -0.4 is 10.1 Å². The van der Waals surface area contributed by atoms with Crippen molar-refractivity contribution in [2.45, 2.75) is 12.1 Å². The van der Waals surface area contributed by atoms with Gasteiger partial charge in [0, 0.05) is 10.9 Å². The summed E-state index contributed by atoms with van der Waals surface area (Å²) >= 11 is 0. The Morgan fingerprint density at radius 2 is 1.73 bits per heavy atom. The second-order valence-electron chi connectivity index (χ2n) is 7.24. The van der Waals surface area contributed by atoms with Crippen molar-refractivity contribution >= 4 is 17.0 Å². The minimum Gasteiger partial charge on any atom is -0.497 e. The van der Waals surface area contributed by atoms with E-state index >= 15 is 0 Å². The Labute approximate surface area is 174 Å². The molecular formula is C25H20N2O3. The lowest BCUT2D eigenvalue weighted by atomic mass is 9.94. The monoisotopic (exact) mass is 396 g/mol. The normalized spacial score (nSPS) is 18.1. The summed E-state index contributed by atoms with van der Waals surface area (Å²) in [6.45, 7) is 0. The lowest BCUT2D eigenvalue weighted by Gasteiger charge is -2.19. The number of fused-ring (bicyclic) bond motifs is 1. The van der Waals surface area contributed by atoms with Gasteiger partial charge < -0.3 is 14.8 Å². The first-order valence-electron chi connectivity index (χ1n) is 9.78. The zero-order chi connectivity index (χ0) is 20.5. The molecule has 2 atom stereocenters. The molecule has 0 bridgehead atoms. The summed E-state index contributed by atoms with van der Waals surface area (Å²) in [5, 5.41) is 4.05. The van der Waals surface area contributed by atoms with E-state index in [0.717, 1.165) is 39.0 Å². The van der Waals surface area contributed by atoms with Crippen molar-refractivity contribution in [3.05, 3.63) is 96.1 Å². The molecule has 0 radical (unpaired) electrons. The smallest absolute Gasteiger partial charge is 0.408 e. The number of amides is 1. The number of pyridine rings is 1. The van der Waals surface area contributed by atoms with Crippen LogP contribution in [-0.4, -0.2) is 18.2 Å². The molecule has 1 aromatic heterocycles. The second-order valence-corrected chi connectivity index (χ2v) is 7.24. The lowest BCUT2D eigenvalue weighted by molar-refractivity contribution is 0.132. The first-order valence-corrected chi connectivity index (χ1v) is 9.78. The molecule has 1 amide bonds. The molecule has 5 heteroatoms. The molecule has 1 aliphatic heterocycles. The first kappa shape index (κ1) is 18.2. The Morgan fingerprint density at radius 3 is 2.63 bits per heavy atom. The number of cyclic esters (lactones) is 1. The summed E-state index contributed by atoms with van der Waals surface area (Å²) < 4.78 is 10.9. The molecular weight excluding hydrogens is 376 g/mol. The molecule has 1 N–H and O–H groups in total. The molecule has 4 aromatic rings. The fraction of sp³-hybridized carbons (Fsp3) is 0.120. The molecule has 5 rings (SSSR count). The highest BCUT2D eigenvalue weighted by Crippen LogP contribution is 2.38. The van der Waals surface area contributed by atoms with Gasteiger partial charge >= 0.3 is 6.09 Å². The van der Waals surface area contributed by atoms with E-state index in [9.17, 15) is 4.79 Å². The maximum absolute atomic E-state index is 12.1. The molecule has 0 aliphatic carbocycles. The highest BCUT2D eigenvalue weighted by Gasteiger charge is 2.36. The molecule has 1 saturated heterocycles. The van der Waals surface area contributed by atoms with Gasteiger partial charge in [-0.05, 0) is 41.5 Å². The molecule has 5 nitrogen and oxygen atoms in total. The van der Waals surface area contributed by atoms with Gasteiger partial charge in [0.1, 0.15) is 5.75 Å². The predicted molar refractivity (Wildman–Crippen MR) is 115 cm³/mol. The number of benzene rings is 3. The van der Waals surface area contributed by atoms with Crippen LogP contribution in [-0.2, 0) is 4.74 Å². The van der Waals surface area contributed by atoms with Crippen LogP contribution in [0.25, 0.3) is 22.2 Å². The van der Waals surface area contributed by atoms with Crippen LogP contribution in [0.15, 0.2) is 84.9 Å². The molecule has 30 heavy (non-hydrogen) atoms. The Morgan fingerprint density at radius 1 is 0.900 bits per heavy atom. The highest BCUT2D eigenvalue weighted by molar-refractivity contribution is 5.81. The van der Waals surface area contributed by atoms with Crippen molar-refractivity contribution in [1.29, 1.82) is 0 Å². The topological polar surface area (TPSA) is 60.5 Å². The van der Waals surface area contributed by atoms with Crippen LogP contribution in [0.5, 0.6) is 5.75 Å². The number of carbonyl (C=O) groups excluding carboxylic acids is 1. The van der Waals surface area contributed by atoms with E-state index < -0.39 is 12.2 Å². The van der Waals surface area contributed by atoms with Crippen molar-refractivity contribution in [2.75, 3.05) is 7.11 Å². The number of hydrogen-bond acceptors (Lipinski definition) is 4. The van der Waals surface area contributed by atoms with Gasteiger partial charge in [0.15, 0.2) is 6.10 Å². The molecule has 148 valence electrons. The number of carbonyl (C=O) groups is 1. The van der Waals surface area contributed by atoms with E-state index in [1.807, 2.05) is 72.8 Å². The average molecular weight is 396 g/mol. The predicted octanol–water partition coefficient (Wildman–Crippen LogP) is 5.43. The molecule has 1 aliphatic rings. The van der Waals surface area contributed by atoms with Gasteiger partial charge in [-0.2, -0.15) is 0 Å². The Bertz CT molecular complexity index is 1240. The minimum atomic E-state index is -0.438. The highest BCUT2D eigenvalue weighted by atomic mass is 16.6. The number of aromatic nitrogens is 1. The van der Waals surface area contributed by atoms with E-state index in [2.05, 4.69) is 17.4 Å². The molecule has 1 fully saturated rings. The van der Waals surface area contributed by atoms with Crippen LogP contribution in [0.2, 0.25) is 0 Å². The van der Waals surface area contributed by atoms with E-state index in [4.69, 9.17) is 14.5 Å². The summed E-state index contributed by atoms with van der Waals surface area (Å²) in [7, 11) is 1.62. The zero-order valence-corrected chi connectivity index (χ0v) is 16.4. The lowest BCUT2D eigenvalue weighted by Crippen LogP contribution is -2.19. The maximum Gasteiger partial charge on any atom is 0.408 e. The molecule has 2 heterocycles. The third-order valence-corrected chi connectivity index (χ3v) is 5.37. The van der Waals surface area contributed by atoms with Crippen LogP contribution in [0.4, 0.5) is 4.79 Å². The van der Waals surface area contributed by atoms with Crippen LogP contribution in [0.3, 0.4) is 0 Å². The summed E-state index contributed by atoms with van der Waals surface area (Å²) in [6, 6.07) is 27.5. The Hall–Kier alpha value is -3.86. The van der Waals surface area contributed by atoms with Gasteiger partial charge in [0.25, 0.3) is 0 Å². The average Bonchev–Trinajstić information content (AvgIpc) is 3.20. The van der Waals surface area contributed by atoms with Crippen molar-refractivity contribution in [3.63, 3.8) is 0 Å².